The maximum Gasteiger partial charge on any atom is 0.317 e. The highest BCUT2D eigenvalue weighted by atomic mass is 35.5. The van der Waals surface area contributed by atoms with Gasteiger partial charge in [-0.25, -0.2) is 0 Å². The smallest absolute Gasteiger partial charge is 0.317 e. The van der Waals surface area contributed by atoms with Crippen molar-refractivity contribution in [2.75, 3.05) is 13.1 Å². The van der Waals surface area contributed by atoms with E-state index in [2.05, 4.69) is 6.58 Å². The Bertz CT molecular complexity index is 418. The maximum absolute atomic E-state index is 10.7. The van der Waals surface area contributed by atoms with Gasteiger partial charge < -0.3 is 5.11 Å². The van der Waals surface area contributed by atoms with Crippen molar-refractivity contribution in [1.29, 1.82) is 0 Å². The molecule has 0 unspecified atom stereocenters. The highest BCUT2D eigenvalue weighted by molar-refractivity contribution is 6.31. The van der Waals surface area contributed by atoms with Crippen LogP contribution in [0, 0.1) is 6.92 Å². The Morgan fingerprint density at radius 2 is 2.29 bits per heavy atom. The van der Waals surface area contributed by atoms with Crippen molar-refractivity contribution in [1.82, 2.24) is 4.90 Å². The number of hydrogen-bond acceptors (Lipinski definition) is 2. The molecule has 92 valence electrons. The first-order chi connectivity index (χ1) is 8.02. The standard InChI is InChI=1S/C13H16ClNO2/c1-3-6-15(9-13(16)17)8-11-5-4-10(2)7-12(11)14/h3-5,7H,1,6,8-9H2,2H3,(H,16,17). The quantitative estimate of drug-likeness (QED) is 0.793. The number of halogens is 1. The fourth-order valence-electron chi connectivity index (χ4n) is 1.58. The molecule has 0 spiro atoms. The van der Waals surface area contributed by atoms with E-state index in [1.54, 1.807) is 11.0 Å². The SMILES string of the molecule is C=CCN(CC(=O)O)Cc1ccc(C)cc1Cl. The van der Waals surface area contributed by atoms with Crippen molar-refractivity contribution < 1.29 is 9.90 Å². The predicted octanol–water partition coefficient (Wildman–Crippen LogP) is 2.72. The Balaban J connectivity index is 2.77. The van der Waals surface area contributed by atoms with E-state index in [1.165, 1.54) is 0 Å². The summed E-state index contributed by atoms with van der Waals surface area (Å²) in [6, 6.07) is 5.77. The van der Waals surface area contributed by atoms with E-state index < -0.39 is 5.97 Å². The van der Waals surface area contributed by atoms with E-state index in [1.807, 2.05) is 25.1 Å². The molecule has 0 atom stereocenters. The van der Waals surface area contributed by atoms with Crippen molar-refractivity contribution in [2.24, 2.45) is 0 Å². The first-order valence-electron chi connectivity index (χ1n) is 5.33. The predicted molar refractivity (Wildman–Crippen MR) is 69.3 cm³/mol. The molecule has 0 aliphatic rings. The van der Waals surface area contributed by atoms with E-state index in [-0.39, 0.29) is 6.54 Å². The fourth-order valence-corrected chi connectivity index (χ4v) is 1.88. The normalized spacial score (nSPS) is 10.5. The largest absolute Gasteiger partial charge is 0.480 e. The molecule has 0 saturated carbocycles. The number of hydrogen-bond donors (Lipinski definition) is 1. The minimum Gasteiger partial charge on any atom is -0.480 e. The molecule has 1 aromatic rings. The number of aliphatic carboxylic acids is 1. The lowest BCUT2D eigenvalue weighted by molar-refractivity contribution is -0.138. The fraction of sp³-hybridized carbons (Fsp3) is 0.308. The van der Waals surface area contributed by atoms with Crippen LogP contribution in [0.25, 0.3) is 0 Å². The van der Waals surface area contributed by atoms with E-state index in [9.17, 15) is 4.79 Å². The van der Waals surface area contributed by atoms with Gasteiger partial charge >= 0.3 is 5.97 Å². The number of carboxylic acid groups (broad SMARTS) is 1. The van der Waals surface area contributed by atoms with Crippen molar-refractivity contribution in [2.45, 2.75) is 13.5 Å². The third kappa shape index (κ3) is 4.59. The second-order valence-electron chi connectivity index (χ2n) is 3.95. The Kier molecular flexibility index (Phi) is 5.19. The average molecular weight is 254 g/mol. The van der Waals surface area contributed by atoms with Crippen LogP contribution in [-0.2, 0) is 11.3 Å². The summed E-state index contributed by atoms with van der Waals surface area (Å²) in [5.41, 5.74) is 2.02. The van der Waals surface area contributed by atoms with Crippen LogP contribution in [0.4, 0.5) is 0 Å². The summed E-state index contributed by atoms with van der Waals surface area (Å²) >= 11 is 6.11. The van der Waals surface area contributed by atoms with Crippen molar-refractivity contribution in [3.63, 3.8) is 0 Å². The van der Waals surface area contributed by atoms with Gasteiger partial charge in [0.2, 0.25) is 0 Å². The summed E-state index contributed by atoms with van der Waals surface area (Å²) in [6.07, 6.45) is 1.69. The molecule has 0 bridgehead atoms. The number of carboxylic acids is 1. The summed E-state index contributed by atoms with van der Waals surface area (Å²) in [5.74, 6) is -0.852. The molecule has 0 aliphatic heterocycles. The van der Waals surface area contributed by atoms with Crippen molar-refractivity contribution >= 4 is 17.6 Å². The Labute approximate surface area is 106 Å². The molecule has 0 aromatic heterocycles. The number of carbonyl (C=O) groups is 1. The molecule has 0 amide bonds. The van der Waals surface area contributed by atoms with Crippen LogP contribution in [0.3, 0.4) is 0 Å². The van der Waals surface area contributed by atoms with Crippen LogP contribution in [-0.4, -0.2) is 29.1 Å². The number of aryl methyl sites for hydroxylation is 1. The van der Waals surface area contributed by atoms with E-state index >= 15 is 0 Å². The van der Waals surface area contributed by atoms with Gasteiger partial charge in [-0.15, -0.1) is 6.58 Å². The van der Waals surface area contributed by atoms with Gasteiger partial charge in [0.15, 0.2) is 0 Å². The summed E-state index contributed by atoms with van der Waals surface area (Å²) in [5, 5.41) is 9.46. The molecule has 0 heterocycles. The van der Waals surface area contributed by atoms with Crippen LogP contribution in [0.1, 0.15) is 11.1 Å². The Morgan fingerprint density at radius 3 is 2.82 bits per heavy atom. The van der Waals surface area contributed by atoms with Gasteiger partial charge in [-0.1, -0.05) is 29.8 Å². The average Bonchev–Trinajstić information content (AvgIpc) is 2.21. The maximum atomic E-state index is 10.7. The van der Waals surface area contributed by atoms with Gasteiger partial charge in [-0.3, -0.25) is 9.69 Å². The second-order valence-corrected chi connectivity index (χ2v) is 4.35. The minimum absolute atomic E-state index is 0.0176. The van der Waals surface area contributed by atoms with Gasteiger partial charge in [0.25, 0.3) is 0 Å². The van der Waals surface area contributed by atoms with Gasteiger partial charge in [-0.05, 0) is 24.1 Å². The minimum atomic E-state index is -0.852. The van der Waals surface area contributed by atoms with Crippen LogP contribution in [0.5, 0.6) is 0 Å². The highest BCUT2D eigenvalue weighted by Crippen LogP contribution is 2.19. The summed E-state index contributed by atoms with van der Waals surface area (Å²) in [7, 11) is 0. The highest BCUT2D eigenvalue weighted by Gasteiger charge is 2.10. The van der Waals surface area contributed by atoms with Gasteiger partial charge in [-0.2, -0.15) is 0 Å². The molecule has 4 heteroatoms. The van der Waals surface area contributed by atoms with Gasteiger partial charge in [0.1, 0.15) is 0 Å². The lowest BCUT2D eigenvalue weighted by Crippen LogP contribution is -2.29. The Morgan fingerprint density at radius 1 is 1.59 bits per heavy atom. The summed E-state index contributed by atoms with van der Waals surface area (Å²) in [4.78, 5) is 12.5. The zero-order valence-electron chi connectivity index (χ0n) is 9.82. The molecule has 0 radical (unpaired) electrons. The molecule has 1 N–H and O–H groups in total. The molecular weight excluding hydrogens is 238 g/mol. The topological polar surface area (TPSA) is 40.5 Å². The van der Waals surface area contributed by atoms with Crippen LogP contribution in [0.2, 0.25) is 5.02 Å². The second kappa shape index (κ2) is 6.42. The zero-order chi connectivity index (χ0) is 12.8. The van der Waals surface area contributed by atoms with Crippen LogP contribution < -0.4 is 0 Å². The lowest BCUT2D eigenvalue weighted by atomic mass is 10.1. The van der Waals surface area contributed by atoms with E-state index in [0.717, 1.165) is 11.1 Å². The molecule has 1 aromatic carbocycles. The van der Waals surface area contributed by atoms with E-state index in [4.69, 9.17) is 16.7 Å². The zero-order valence-corrected chi connectivity index (χ0v) is 10.6. The molecule has 1 rings (SSSR count). The summed E-state index contributed by atoms with van der Waals surface area (Å²) < 4.78 is 0. The molecule has 17 heavy (non-hydrogen) atoms. The monoisotopic (exact) mass is 253 g/mol. The van der Waals surface area contributed by atoms with E-state index in [0.29, 0.717) is 18.1 Å². The number of benzene rings is 1. The molecular formula is C13H16ClNO2. The van der Waals surface area contributed by atoms with Crippen molar-refractivity contribution in [3.05, 3.63) is 47.0 Å². The molecule has 0 fully saturated rings. The number of rotatable bonds is 6. The first-order valence-corrected chi connectivity index (χ1v) is 5.70. The van der Waals surface area contributed by atoms with Gasteiger partial charge in [0, 0.05) is 18.1 Å². The third-order valence-corrected chi connectivity index (χ3v) is 2.70. The third-order valence-electron chi connectivity index (χ3n) is 2.35. The number of nitrogens with zero attached hydrogens (tertiary/aromatic N) is 1. The van der Waals surface area contributed by atoms with Gasteiger partial charge in [0.05, 0.1) is 6.54 Å². The first kappa shape index (κ1) is 13.7. The molecule has 0 aliphatic carbocycles. The van der Waals surface area contributed by atoms with Crippen LogP contribution in [0.15, 0.2) is 30.9 Å². The van der Waals surface area contributed by atoms with Crippen molar-refractivity contribution in [3.8, 4) is 0 Å². The molecule has 3 nitrogen and oxygen atoms in total. The Hall–Kier alpha value is -1.32. The summed E-state index contributed by atoms with van der Waals surface area (Å²) in [6.45, 7) is 6.60. The lowest BCUT2D eigenvalue weighted by Gasteiger charge is -2.19. The molecule has 0 saturated heterocycles. The van der Waals surface area contributed by atoms with Crippen LogP contribution >= 0.6 is 11.6 Å².